The van der Waals surface area contributed by atoms with Crippen molar-refractivity contribution in [3.8, 4) is 5.88 Å². The lowest BCUT2D eigenvalue weighted by Gasteiger charge is -2.35. The van der Waals surface area contributed by atoms with E-state index in [1.807, 2.05) is 11.8 Å². The maximum atomic E-state index is 10.9. The number of ether oxygens (including phenoxy) is 2. The summed E-state index contributed by atoms with van der Waals surface area (Å²) in [5.41, 5.74) is 0. The zero-order valence-electron chi connectivity index (χ0n) is 11.5. The van der Waals surface area contributed by atoms with Crippen molar-refractivity contribution in [2.24, 2.45) is 0 Å². The molecule has 20 heavy (non-hydrogen) atoms. The molecule has 0 aromatic carbocycles. The van der Waals surface area contributed by atoms with Crippen LogP contribution >= 0.6 is 0 Å². The van der Waals surface area contributed by atoms with Crippen LogP contribution in [0.2, 0.25) is 0 Å². The third-order valence-electron chi connectivity index (χ3n) is 2.99. The number of nitrogens with zero attached hydrogens (tertiary/aromatic N) is 3. The molecule has 0 radical (unpaired) electrons. The Morgan fingerprint density at radius 1 is 1.60 bits per heavy atom. The van der Waals surface area contributed by atoms with Gasteiger partial charge in [-0.15, -0.1) is 0 Å². The predicted octanol–water partition coefficient (Wildman–Crippen LogP) is 0.945. The number of carboxylic acid groups (broad SMARTS) is 1. The highest BCUT2D eigenvalue weighted by atomic mass is 16.5. The fourth-order valence-corrected chi connectivity index (χ4v) is 2.08. The maximum absolute atomic E-state index is 10.9. The van der Waals surface area contributed by atoms with Crippen LogP contribution in [0.4, 0.5) is 5.82 Å². The minimum Gasteiger partial charge on any atom is -0.481 e. The van der Waals surface area contributed by atoms with E-state index in [0.717, 1.165) is 6.42 Å². The van der Waals surface area contributed by atoms with Gasteiger partial charge < -0.3 is 19.5 Å². The first kappa shape index (κ1) is 14.5. The Hall–Kier alpha value is -1.89. The highest BCUT2D eigenvalue weighted by Crippen LogP contribution is 2.20. The van der Waals surface area contributed by atoms with Gasteiger partial charge in [0.2, 0.25) is 5.88 Å². The normalized spacial score (nSPS) is 18.9. The molecule has 7 heteroatoms. The molecule has 0 bridgehead atoms. The summed E-state index contributed by atoms with van der Waals surface area (Å²) < 4.78 is 10.8. The van der Waals surface area contributed by atoms with Gasteiger partial charge in [-0.3, -0.25) is 9.78 Å². The van der Waals surface area contributed by atoms with Crippen LogP contribution in [0.15, 0.2) is 12.4 Å². The third-order valence-corrected chi connectivity index (χ3v) is 2.99. The van der Waals surface area contributed by atoms with Gasteiger partial charge in [0.25, 0.3) is 0 Å². The fraction of sp³-hybridized carbons (Fsp3) is 0.615. The molecule has 0 saturated carbocycles. The largest absolute Gasteiger partial charge is 0.481 e. The Kier molecular flexibility index (Phi) is 5.11. The van der Waals surface area contributed by atoms with Crippen LogP contribution in [0, 0.1) is 0 Å². The molecular weight excluding hydrogens is 262 g/mol. The van der Waals surface area contributed by atoms with Gasteiger partial charge in [-0.2, -0.15) is 4.98 Å². The minimum atomic E-state index is -0.850. The van der Waals surface area contributed by atoms with Crippen molar-refractivity contribution in [2.75, 3.05) is 31.3 Å². The van der Waals surface area contributed by atoms with Crippen LogP contribution in [-0.4, -0.2) is 53.5 Å². The van der Waals surface area contributed by atoms with Crippen molar-refractivity contribution in [3.05, 3.63) is 12.4 Å². The lowest BCUT2D eigenvalue weighted by molar-refractivity contribution is -0.138. The van der Waals surface area contributed by atoms with Crippen molar-refractivity contribution in [1.29, 1.82) is 0 Å². The molecule has 1 aromatic rings. The van der Waals surface area contributed by atoms with Gasteiger partial charge in [0.1, 0.15) is 0 Å². The van der Waals surface area contributed by atoms with Gasteiger partial charge in [-0.25, -0.2) is 0 Å². The molecule has 0 amide bonds. The maximum Gasteiger partial charge on any atom is 0.305 e. The van der Waals surface area contributed by atoms with Gasteiger partial charge in [-0.1, -0.05) is 6.92 Å². The van der Waals surface area contributed by atoms with Gasteiger partial charge >= 0.3 is 5.97 Å². The van der Waals surface area contributed by atoms with E-state index in [4.69, 9.17) is 14.6 Å². The van der Waals surface area contributed by atoms with E-state index in [1.54, 1.807) is 12.4 Å². The molecule has 110 valence electrons. The Morgan fingerprint density at radius 2 is 2.45 bits per heavy atom. The average Bonchev–Trinajstić information content (AvgIpc) is 2.45. The molecule has 1 aliphatic rings. The molecule has 7 nitrogen and oxygen atoms in total. The number of carbonyl (C=O) groups is 1. The van der Waals surface area contributed by atoms with Crippen molar-refractivity contribution in [1.82, 2.24) is 9.97 Å². The average molecular weight is 281 g/mol. The summed E-state index contributed by atoms with van der Waals surface area (Å²) in [6.45, 7) is 4.14. The molecular formula is C13H19N3O4. The van der Waals surface area contributed by atoms with Crippen LogP contribution in [0.3, 0.4) is 0 Å². The lowest BCUT2D eigenvalue weighted by atomic mass is 10.1. The van der Waals surface area contributed by atoms with E-state index < -0.39 is 5.97 Å². The van der Waals surface area contributed by atoms with Crippen molar-refractivity contribution < 1.29 is 19.4 Å². The summed E-state index contributed by atoms with van der Waals surface area (Å²) in [6.07, 6.45) is 4.09. The number of aliphatic carboxylic acids is 1. The third kappa shape index (κ3) is 3.80. The highest BCUT2D eigenvalue weighted by molar-refractivity contribution is 5.68. The van der Waals surface area contributed by atoms with E-state index in [0.29, 0.717) is 38.1 Å². The second kappa shape index (κ2) is 7.04. The van der Waals surface area contributed by atoms with Gasteiger partial charge in [0.15, 0.2) is 5.82 Å². The first-order chi connectivity index (χ1) is 9.70. The van der Waals surface area contributed by atoms with E-state index in [1.165, 1.54) is 0 Å². The molecule has 1 unspecified atom stereocenters. The minimum absolute atomic E-state index is 0.0156. The van der Waals surface area contributed by atoms with Crippen LogP contribution in [0.5, 0.6) is 5.88 Å². The lowest BCUT2D eigenvalue weighted by Crippen LogP contribution is -2.47. The molecule has 0 spiro atoms. The van der Waals surface area contributed by atoms with E-state index in [9.17, 15) is 4.79 Å². The summed E-state index contributed by atoms with van der Waals surface area (Å²) in [4.78, 5) is 21.3. The Balaban J connectivity index is 2.12. The highest BCUT2D eigenvalue weighted by Gasteiger charge is 2.26. The first-order valence-corrected chi connectivity index (χ1v) is 6.71. The monoisotopic (exact) mass is 281 g/mol. The predicted molar refractivity (Wildman–Crippen MR) is 72.0 cm³/mol. The van der Waals surface area contributed by atoms with Crippen LogP contribution < -0.4 is 9.64 Å². The molecule has 1 N–H and O–H groups in total. The van der Waals surface area contributed by atoms with E-state index >= 15 is 0 Å². The summed E-state index contributed by atoms with van der Waals surface area (Å²) in [5.74, 6) is 0.245. The van der Waals surface area contributed by atoms with Crippen molar-refractivity contribution >= 4 is 11.8 Å². The van der Waals surface area contributed by atoms with Crippen molar-refractivity contribution in [2.45, 2.75) is 25.8 Å². The summed E-state index contributed by atoms with van der Waals surface area (Å²) in [5, 5.41) is 8.96. The van der Waals surface area contributed by atoms with E-state index in [2.05, 4.69) is 9.97 Å². The number of aromatic nitrogens is 2. The van der Waals surface area contributed by atoms with Gasteiger partial charge in [-0.05, 0) is 6.42 Å². The van der Waals surface area contributed by atoms with Crippen LogP contribution in [-0.2, 0) is 9.53 Å². The number of hydrogen-bond donors (Lipinski definition) is 1. The second-order valence-corrected chi connectivity index (χ2v) is 4.58. The smallest absolute Gasteiger partial charge is 0.305 e. The number of carboxylic acids is 1. The van der Waals surface area contributed by atoms with Gasteiger partial charge in [0.05, 0.1) is 44.7 Å². The molecule has 2 rings (SSSR count). The Bertz CT molecular complexity index is 455. The molecule has 1 saturated heterocycles. The number of anilines is 1. The second-order valence-electron chi connectivity index (χ2n) is 4.58. The Morgan fingerprint density at radius 3 is 3.20 bits per heavy atom. The Labute approximate surface area is 117 Å². The molecule has 1 fully saturated rings. The SMILES string of the molecule is CCCOc1cncc(N2CCOCC2CC(=O)O)n1. The molecule has 1 aromatic heterocycles. The fourth-order valence-electron chi connectivity index (χ4n) is 2.08. The van der Waals surface area contributed by atoms with E-state index in [-0.39, 0.29) is 12.5 Å². The zero-order valence-corrected chi connectivity index (χ0v) is 11.5. The summed E-state index contributed by atoms with van der Waals surface area (Å²) >= 11 is 0. The number of morpholine rings is 1. The molecule has 1 atom stereocenters. The quantitative estimate of drug-likeness (QED) is 0.830. The van der Waals surface area contributed by atoms with Crippen LogP contribution in [0.25, 0.3) is 0 Å². The number of hydrogen-bond acceptors (Lipinski definition) is 6. The van der Waals surface area contributed by atoms with Crippen LogP contribution in [0.1, 0.15) is 19.8 Å². The summed E-state index contributed by atoms with van der Waals surface area (Å²) in [7, 11) is 0. The molecule has 0 aliphatic carbocycles. The number of rotatable bonds is 6. The molecule has 1 aliphatic heterocycles. The first-order valence-electron chi connectivity index (χ1n) is 6.71. The van der Waals surface area contributed by atoms with Gasteiger partial charge in [0, 0.05) is 6.54 Å². The topological polar surface area (TPSA) is 84.8 Å². The summed E-state index contributed by atoms with van der Waals surface area (Å²) in [6, 6.07) is -0.225. The van der Waals surface area contributed by atoms with Crippen molar-refractivity contribution in [3.63, 3.8) is 0 Å². The standard InChI is InChI=1S/C13H19N3O4/c1-2-4-20-12-8-14-7-11(15-12)16-3-5-19-9-10(16)6-13(17)18/h7-8,10H,2-6,9H2,1H3,(H,17,18). The zero-order chi connectivity index (χ0) is 14.4. The molecule has 2 heterocycles.